The maximum Gasteiger partial charge on any atom is 0.193 e. The van der Waals surface area contributed by atoms with Crippen LogP contribution < -0.4 is 5.32 Å². The van der Waals surface area contributed by atoms with E-state index in [4.69, 9.17) is 4.74 Å². The van der Waals surface area contributed by atoms with Crippen LogP contribution in [0.4, 0.5) is 4.39 Å². The third kappa shape index (κ3) is 4.42. The van der Waals surface area contributed by atoms with Crippen LogP contribution in [0.1, 0.15) is 11.6 Å². The molecule has 1 aromatic carbocycles. The van der Waals surface area contributed by atoms with Gasteiger partial charge >= 0.3 is 0 Å². The summed E-state index contributed by atoms with van der Waals surface area (Å²) in [7, 11) is 5.68. The van der Waals surface area contributed by atoms with Crippen molar-refractivity contribution in [3.8, 4) is 0 Å². The molecule has 0 saturated carbocycles. The molecule has 2 rings (SSSR count). The normalized spacial score (nSPS) is 18.1. The second kappa shape index (κ2) is 8.10. The number of ether oxygens (including phenoxy) is 1. The predicted molar refractivity (Wildman–Crippen MR) is 86.6 cm³/mol. The first-order valence-corrected chi connectivity index (χ1v) is 7.57. The average Bonchev–Trinajstić information content (AvgIpc) is 2.53. The van der Waals surface area contributed by atoms with Crippen LogP contribution in [-0.2, 0) is 4.74 Å². The van der Waals surface area contributed by atoms with Gasteiger partial charge in [0.1, 0.15) is 5.82 Å². The fraction of sp³-hybridized carbons (Fsp3) is 0.562. The largest absolute Gasteiger partial charge is 0.379 e. The smallest absolute Gasteiger partial charge is 0.193 e. The minimum atomic E-state index is -0.207. The highest BCUT2D eigenvalue weighted by molar-refractivity contribution is 5.79. The van der Waals surface area contributed by atoms with E-state index < -0.39 is 0 Å². The number of rotatable bonds is 4. The number of hydrogen-bond acceptors (Lipinski definition) is 3. The third-order valence-corrected chi connectivity index (χ3v) is 3.83. The van der Waals surface area contributed by atoms with Gasteiger partial charge in [-0.2, -0.15) is 0 Å². The van der Waals surface area contributed by atoms with Crippen molar-refractivity contribution in [3.63, 3.8) is 0 Å². The minimum Gasteiger partial charge on any atom is -0.379 e. The number of halogens is 1. The molecule has 1 heterocycles. The standard InChI is InChI=1S/C16H25FN4O/c1-18-16(20(2)3)19-12-15(21-8-10-22-11-9-21)13-4-6-14(17)7-5-13/h4-7,15H,8-12H2,1-3H3,(H,18,19)/t15-/m1/s1. The molecule has 6 heteroatoms. The Kier molecular flexibility index (Phi) is 6.15. The van der Waals surface area contributed by atoms with E-state index in [9.17, 15) is 4.39 Å². The second-order valence-electron chi connectivity index (χ2n) is 5.54. The van der Waals surface area contributed by atoms with Gasteiger partial charge in [0, 0.05) is 40.8 Å². The fourth-order valence-corrected chi connectivity index (χ4v) is 2.66. The maximum absolute atomic E-state index is 13.2. The van der Waals surface area contributed by atoms with E-state index in [1.807, 2.05) is 31.1 Å². The lowest BCUT2D eigenvalue weighted by atomic mass is 10.0. The van der Waals surface area contributed by atoms with Crippen molar-refractivity contribution >= 4 is 5.96 Å². The summed E-state index contributed by atoms with van der Waals surface area (Å²) in [5.41, 5.74) is 1.10. The first-order chi connectivity index (χ1) is 10.6. The SMILES string of the molecule is CN=C(NC[C@H](c1ccc(F)cc1)N1CCOCC1)N(C)C. The monoisotopic (exact) mass is 308 g/mol. The molecule has 0 bridgehead atoms. The highest BCUT2D eigenvalue weighted by atomic mass is 19.1. The van der Waals surface area contributed by atoms with Gasteiger partial charge in [0.15, 0.2) is 5.96 Å². The minimum absolute atomic E-state index is 0.168. The summed E-state index contributed by atoms with van der Waals surface area (Å²) in [4.78, 5) is 8.55. The molecule has 0 aromatic heterocycles. The topological polar surface area (TPSA) is 40.1 Å². The van der Waals surface area contributed by atoms with Crippen molar-refractivity contribution in [1.82, 2.24) is 15.1 Å². The van der Waals surface area contributed by atoms with Crippen molar-refractivity contribution in [2.24, 2.45) is 4.99 Å². The molecular weight excluding hydrogens is 283 g/mol. The number of nitrogens with zero attached hydrogens (tertiary/aromatic N) is 3. The molecule has 122 valence electrons. The van der Waals surface area contributed by atoms with Gasteiger partial charge in [-0.05, 0) is 17.7 Å². The van der Waals surface area contributed by atoms with E-state index in [0.717, 1.165) is 44.4 Å². The van der Waals surface area contributed by atoms with Crippen molar-refractivity contribution in [1.29, 1.82) is 0 Å². The van der Waals surface area contributed by atoms with Gasteiger partial charge in [0.2, 0.25) is 0 Å². The summed E-state index contributed by atoms with van der Waals surface area (Å²) in [6.07, 6.45) is 0. The molecule has 0 unspecified atom stereocenters. The summed E-state index contributed by atoms with van der Waals surface area (Å²) in [6, 6.07) is 6.92. The van der Waals surface area contributed by atoms with Crippen LogP contribution in [0, 0.1) is 5.82 Å². The van der Waals surface area contributed by atoms with Crippen LogP contribution in [0.3, 0.4) is 0 Å². The third-order valence-electron chi connectivity index (χ3n) is 3.83. The zero-order valence-electron chi connectivity index (χ0n) is 13.6. The van der Waals surface area contributed by atoms with Gasteiger partial charge in [-0.1, -0.05) is 12.1 Å². The van der Waals surface area contributed by atoms with Crippen LogP contribution in [0.25, 0.3) is 0 Å². The number of hydrogen-bond donors (Lipinski definition) is 1. The Labute approximate surface area is 131 Å². The number of nitrogens with one attached hydrogen (secondary N) is 1. The van der Waals surface area contributed by atoms with Crippen LogP contribution >= 0.6 is 0 Å². The molecule has 1 saturated heterocycles. The summed E-state index contributed by atoms with van der Waals surface area (Å²) >= 11 is 0. The highest BCUT2D eigenvalue weighted by Crippen LogP contribution is 2.21. The number of benzene rings is 1. The van der Waals surface area contributed by atoms with E-state index in [0.29, 0.717) is 0 Å². The second-order valence-corrected chi connectivity index (χ2v) is 5.54. The van der Waals surface area contributed by atoms with E-state index in [1.165, 1.54) is 12.1 Å². The van der Waals surface area contributed by atoms with Crippen molar-refractivity contribution in [3.05, 3.63) is 35.6 Å². The van der Waals surface area contributed by atoms with Gasteiger partial charge in [-0.15, -0.1) is 0 Å². The Bertz CT molecular complexity index is 483. The van der Waals surface area contributed by atoms with Crippen LogP contribution in [0.2, 0.25) is 0 Å². The van der Waals surface area contributed by atoms with Crippen molar-refractivity contribution in [2.75, 3.05) is 54.0 Å². The Balaban J connectivity index is 2.12. The average molecular weight is 308 g/mol. The Morgan fingerprint density at radius 2 is 1.95 bits per heavy atom. The first kappa shape index (κ1) is 16.7. The van der Waals surface area contributed by atoms with Gasteiger partial charge in [-0.25, -0.2) is 4.39 Å². The maximum atomic E-state index is 13.2. The Morgan fingerprint density at radius 1 is 1.32 bits per heavy atom. The molecule has 0 aliphatic carbocycles. The van der Waals surface area contributed by atoms with Gasteiger partial charge in [-0.3, -0.25) is 9.89 Å². The summed E-state index contributed by atoms with van der Waals surface area (Å²) < 4.78 is 18.6. The Morgan fingerprint density at radius 3 is 2.50 bits per heavy atom. The summed E-state index contributed by atoms with van der Waals surface area (Å²) in [5.74, 6) is 0.627. The zero-order valence-corrected chi connectivity index (χ0v) is 13.6. The van der Waals surface area contributed by atoms with Gasteiger partial charge < -0.3 is 15.0 Å². The molecule has 0 spiro atoms. The lowest BCUT2D eigenvalue weighted by molar-refractivity contribution is 0.0169. The number of guanidine groups is 1. The lowest BCUT2D eigenvalue weighted by Gasteiger charge is -2.35. The summed E-state index contributed by atoms with van der Waals surface area (Å²) in [5, 5.41) is 3.38. The van der Waals surface area contributed by atoms with E-state index in [2.05, 4.69) is 15.2 Å². The van der Waals surface area contributed by atoms with Crippen LogP contribution in [0.15, 0.2) is 29.3 Å². The fourth-order valence-electron chi connectivity index (χ4n) is 2.66. The molecule has 1 atom stereocenters. The highest BCUT2D eigenvalue weighted by Gasteiger charge is 2.23. The molecule has 1 aromatic rings. The van der Waals surface area contributed by atoms with E-state index >= 15 is 0 Å². The molecule has 1 N–H and O–H groups in total. The van der Waals surface area contributed by atoms with Gasteiger partial charge in [0.05, 0.1) is 19.3 Å². The lowest BCUT2D eigenvalue weighted by Crippen LogP contribution is -2.46. The van der Waals surface area contributed by atoms with E-state index in [1.54, 1.807) is 7.05 Å². The zero-order chi connectivity index (χ0) is 15.9. The molecule has 1 aliphatic heterocycles. The summed E-state index contributed by atoms with van der Waals surface area (Å²) in [6.45, 7) is 3.95. The van der Waals surface area contributed by atoms with Crippen molar-refractivity contribution in [2.45, 2.75) is 6.04 Å². The molecule has 0 amide bonds. The predicted octanol–water partition coefficient (Wildman–Crippen LogP) is 1.34. The molecule has 0 radical (unpaired) electrons. The van der Waals surface area contributed by atoms with Gasteiger partial charge in [0.25, 0.3) is 0 Å². The molecule has 5 nitrogen and oxygen atoms in total. The first-order valence-electron chi connectivity index (χ1n) is 7.57. The van der Waals surface area contributed by atoms with Crippen molar-refractivity contribution < 1.29 is 9.13 Å². The molecule has 1 aliphatic rings. The number of morpholine rings is 1. The van der Waals surface area contributed by atoms with E-state index in [-0.39, 0.29) is 11.9 Å². The molecular formula is C16H25FN4O. The quantitative estimate of drug-likeness (QED) is 0.673. The number of aliphatic imine (C=N–C) groups is 1. The van der Waals surface area contributed by atoms with Crippen LogP contribution in [0.5, 0.6) is 0 Å². The van der Waals surface area contributed by atoms with Crippen LogP contribution in [-0.4, -0.2) is 69.8 Å². The molecule has 22 heavy (non-hydrogen) atoms. The molecule has 1 fully saturated rings. The Hall–Kier alpha value is -1.66.